The molecular weight excluding hydrogens is 312 g/mol. The Hall–Kier alpha value is -1.81. The van der Waals surface area contributed by atoms with Crippen LogP contribution < -0.4 is 0 Å². The third-order valence-electron chi connectivity index (χ3n) is 5.93. The van der Waals surface area contributed by atoms with Gasteiger partial charge in [-0.2, -0.15) is 0 Å². The van der Waals surface area contributed by atoms with Crippen molar-refractivity contribution in [3.63, 3.8) is 0 Å². The van der Waals surface area contributed by atoms with E-state index in [0.717, 1.165) is 22.8 Å². The number of aromatic nitrogens is 1. The molecule has 0 N–H and O–H groups in total. The Labute approximate surface area is 150 Å². The molecule has 0 aliphatic carbocycles. The summed E-state index contributed by atoms with van der Waals surface area (Å²) in [6.07, 6.45) is 4.49. The van der Waals surface area contributed by atoms with Crippen molar-refractivity contribution in [2.24, 2.45) is 0 Å². The van der Waals surface area contributed by atoms with E-state index < -0.39 is 5.60 Å². The molecule has 134 valence electrons. The molecule has 0 unspecified atom stereocenters. The summed E-state index contributed by atoms with van der Waals surface area (Å²) in [7, 11) is 2.36. The molecule has 2 atom stereocenters. The number of benzene rings is 1. The average Bonchev–Trinajstić information content (AvgIpc) is 2.87. The van der Waals surface area contributed by atoms with E-state index in [0.29, 0.717) is 6.04 Å². The molecule has 2 aliphatic heterocycles. The predicted octanol–water partition coefficient (Wildman–Crippen LogP) is 4.65. The lowest BCUT2D eigenvalue weighted by atomic mass is 9.88. The van der Waals surface area contributed by atoms with Crippen LogP contribution in [0.1, 0.15) is 57.3 Å². The summed E-state index contributed by atoms with van der Waals surface area (Å²) in [5.41, 5.74) is 3.09. The second-order valence-electron chi connectivity index (χ2n) is 8.88. The summed E-state index contributed by atoms with van der Waals surface area (Å²) >= 11 is 0. The van der Waals surface area contributed by atoms with Gasteiger partial charge in [-0.05, 0) is 45.2 Å². The topological polar surface area (TPSA) is 31.2 Å². The number of carbonyl (C=O) groups excluding carboxylic acids is 1. The van der Waals surface area contributed by atoms with Crippen LogP contribution >= 0.6 is 0 Å². The SMILES string of the molecule is CC(C)(C)OC(=O)n1c2c(c3ccccc31)CC[N@@+]1(C)CCCC[C@@H]21. The molecule has 0 bridgehead atoms. The van der Waals surface area contributed by atoms with E-state index in [1.807, 2.05) is 31.4 Å². The largest absolute Gasteiger partial charge is 0.443 e. The number of para-hydroxylation sites is 1. The molecule has 1 aromatic carbocycles. The van der Waals surface area contributed by atoms with E-state index in [-0.39, 0.29) is 6.09 Å². The van der Waals surface area contributed by atoms with Gasteiger partial charge in [-0.25, -0.2) is 9.36 Å². The van der Waals surface area contributed by atoms with Crippen LogP contribution in [0.2, 0.25) is 0 Å². The first kappa shape index (κ1) is 16.6. The first-order valence-corrected chi connectivity index (χ1v) is 9.50. The monoisotopic (exact) mass is 341 g/mol. The van der Waals surface area contributed by atoms with Crippen molar-refractivity contribution in [1.82, 2.24) is 4.57 Å². The van der Waals surface area contributed by atoms with Crippen molar-refractivity contribution < 1.29 is 14.0 Å². The highest BCUT2D eigenvalue weighted by molar-refractivity contribution is 5.94. The minimum atomic E-state index is -0.491. The van der Waals surface area contributed by atoms with Crippen molar-refractivity contribution in [3.8, 4) is 0 Å². The molecule has 1 fully saturated rings. The number of quaternary nitrogens is 1. The second kappa shape index (κ2) is 5.60. The molecule has 1 saturated heterocycles. The number of fused-ring (bicyclic) bond motifs is 5. The maximum Gasteiger partial charge on any atom is 0.419 e. The van der Waals surface area contributed by atoms with E-state index in [2.05, 4.69) is 25.2 Å². The van der Waals surface area contributed by atoms with Crippen molar-refractivity contribution in [3.05, 3.63) is 35.5 Å². The quantitative estimate of drug-likeness (QED) is 0.653. The van der Waals surface area contributed by atoms with Gasteiger partial charge in [0.1, 0.15) is 11.6 Å². The van der Waals surface area contributed by atoms with Gasteiger partial charge in [0.2, 0.25) is 0 Å². The highest BCUT2D eigenvalue weighted by Gasteiger charge is 2.45. The molecule has 0 saturated carbocycles. The highest BCUT2D eigenvalue weighted by atomic mass is 16.6. The van der Waals surface area contributed by atoms with Gasteiger partial charge in [0.15, 0.2) is 0 Å². The number of hydrogen-bond acceptors (Lipinski definition) is 2. The van der Waals surface area contributed by atoms with Crippen LogP contribution in [0.4, 0.5) is 4.79 Å². The molecule has 2 aromatic rings. The maximum atomic E-state index is 13.1. The Morgan fingerprint density at radius 3 is 2.72 bits per heavy atom. The molecule has 4 rings (SSSR count). The van der Waals surface area contributed by atoms with Crippen molar-refractivity contribution in [1.29, 1.82) is 0 Å². The Balaban J connectivity index is 1.93. The standard InChI is InChI=1S/C21H29N2O2/c1-21(2,3)25-20(24)22-17-10-6-5-9-15(17)16-12-14-23(4)13-8-7-11-18(23)19(16)22/h5-6,9-10,18H,7-8,11-14H2,1-4H3/q+1/t18-,23+/m0/s1. The number of ether oxygens (including phenoxy) is 1. The van der Waals surface area contributed by atoms with Crippen LogP contribution in [0.5, 0.6) is 0 Å². The first-order chi connectivity index (χ1) is 11.8. The van der Waals surface area contributed by atoms with E-state index >= 15 is 0 Å². The van der Waals surface area contributed by atoms with Crippen LogP contribution in [0.15, 0.2) is 24.3 Å². The summed E-state index contributed by atoms with van der Waals surface area (Å²) in [4.78, 5) is 13.1. The maximum absolute atomic E-state index is 13.1. The van der Waals surface area contributed by atoms with Crippen LogP contribution in [0.3, 0.4) is 0 Å². The fourth-order valence-corrected chi connectivity index (χ4v) is 4.79. The zero-order valence-corrected chi connectivity index (χ0v) is 15.8. The zero-order chi connectivity index (χ0) is 17.8. The normalized spacial score (nSPS) is 26.2. The van der Waals surface area contributed by atoms with Crippen LogP contribution in [-0.4, -0.2) is 40.9 Å². The number of nitrogens with zero attached hydrogens (tertiary/aromatic N) is 2. The average molecular weight is 341 g/mol. The molecule has 2 aliphatic rings. The Bertz CT molecular complexity index is 830. The van der Waals surface area contributed by atoms with Crippen LogP contribution in [0, 0.1) is 0 Å². The molecule has 1 aromatic heterocycles. The lowest BCUT2D eigenvalue weighted by Gasteiger charge is -2.47. The molecule has 0 amide bonds. The minimum Gasteiger partial charge on any atom is -0.443 e. The fraction of sp³-hybridized carbons (Fsp3) is 0.571. The Kier molecular flexibility index (Phi) is 3.73. The van der Waals surface area contributed by atoms with Crippen molar-refractivity contribution in [2.75, 3.05) is 20.1 Å². The van der Waals surface area contributed by atoms with Gasteiger partial charge in [0.05, 0.1) is 31.3 Å². The molecule has 4 heteroatoms. The summed E-state index contributed by atoms with van der Waals surface area (Å²) in [6, 6.07) is 8.71. The minimum absolute atomic E-state index is 0.232. The summed E-state index contributed by atoms with van der Waals surface area (Å²) in [6.45, 7) is 8.18. The summed E-state index contributed by atoms with van der Waals surface area (Å²) in [5, 5.41) is 1.22. The molecule has 3 heterocycles. The van der Waals surface area contributed by atoms with Gasteiger partial charge in [0.25, 0.3) is 0 Å². The third-order valence-corrected chi connectivity index (χ3v) is 5.93. The van der Waals surface area contributed by atoms with E-state index in [1.54, 1.807) is 0 Å². The molecule has 0 spiro atoms. The van der Waals surface area contributed by atoms with E-state index in [9.17, 15) is 4.79 Å². The molecule has 4 nitrogen and oxygen atoms in total. The predicted molar refractivity (Wildman–Crippen MR) is 99.8 cm³/mol. The number of hydrogen-bond donors (Lipinski definition) is 0. The van der Waals surface area contributed by atoms with Gasteiger partial charge in [-0.1, -0.05) is 18.2 Å². The van der Waals surface area contributed by atoms with Crippen LogP contribution in [0.25, 0.3) is 10.9 Å². The lowest BCUT2D eigenvalue weighted by molar-refractivity contribution is -0.946. The van der Waals surface area contributed by atoms with Gasteiger partial charge in [-0.15, -0.1) is 0 Å². The van der Waals surface area contributed by atoms with Gasteiger partial charge >= 0.3 is 6.09 Å². The number of piperidine rings is 1. The summed E-state index contributed by atoms with van der Waals surface area (Å²) < 4.78 is 8.74. The molecule has 25 heavy (non-hydrogen) atoms. The third kappa shape index (κ3) is 2.67. The lowest BCUT2D eigenvalue weighted by Crippen LogP contribution is -2.54. The smallest absolute Gasteiger partial charge is 0.419 e. The van der Waals surface area contributed by atoms with Crippen molar-refractivity contribution in [2.45, 2.75) is 58.1 Å². The van der Waals surface area contributed by atoms with E-state index in [4.69, 9.17) is 4.74 Å². The summed E-state index contributed by atoms with van der Waals surface area (Å²) in [5.74, 6) is 0. The second-order valence-corrected chi connectivity index (χ2v) is 8.88. The molecular formula is C21H29N2O2+. The zero-order valence-electron chi connectivity index (χ0n) is 15.8. The van der Waals surface area contributed by atoms with Gasteiger partial charge < -0.3 is 9.22 Å². The van der Waals surface area contributed by atoms with Crippen molar-refractivity contribution >= 4 is 17.0 Å². The number of rotatable bonds is 0. The van der Waals surface area contributed by atoms with Gasteiger partial charge in [0, 0.05) is 18.2 Å². The molecule has 0 radical (unpaired) electrons. The first-order valence-electron chi connectivity index (χ1n) is 9.50. The Morgan fingerprint density at radius 2 is 1.96 bits per heavy atom. The van der Waals surface area contributed by atoms with E-state index in [1.165, 1.54) is 42.6 Å². The number of likely N-dealkylation sites (N-methyl/N-ethyl adjacent to an activating group) is 1. The Morgan fingerprint density at radius 1 is 1.20 bits per heavy atom. The number of carbonyl (C=O) groups is 1. The fourth-order valence-electron chi connectivity index (χ4n) is 4.79. The van der Waals surface area contributed by atoms with Crippen LogP contribution in [-0.2, 0) is 11.2 Å². The highest BCUT2D eigenvalue weighted by Crippen LogP contribution is 2.45. The van der Waals surface area contributed by atoms with Gasteiger partial charge in [-0.3, -0.25) is 0 Å².